The average molecular weight is 490 g/mol. The number of esters is 1. The van der Waals surface area contributed by atoms with E-state index in [1.165, 1.54) is 12.1 Å². The Morgan fingerprint density at radius 2 is 1.38 bits per heavy atom. The van der Waals surface area contributed by atoms with Gasteiger partial charge in [0.1, 0.15) is 36.6 Å². The zero-order chi connectivity index (χ0) is 25.4. The Bertz CT molecular complexity index is 907. The summed E-state index contributed by atoms with van der Waals surface area (Å²) in [4.78, 5) is 24.7. The van der Waals surface area contributed by atoms with Gasteiger partial charge >= 0.3 is 11.9 Å². The Balaban J connectivity index is 2.20. The maximum atomic E-state index is 13.1. The maximum absolute atomic E-state index is 13.1. The van der Waals surface area contributed by atoms with Gasteiger partial charge in [0.2, 0.25) is 0 Å². The van der Waals surface area contributed by atoms with Crippen LogP contribution >= 0.6 is 0 Å². The minimum atomic E-state index is -3.12. The molecule has 0 amide bonds. The van der Waals surface area contributed by atoms with Crippen LogP contribution in [0.4, 0.5) is 0 Å². The lowest BCUT2D eigenvalue weighted by atomic mass is 9.78. The van der Waals surface area contributed by atoms with Crippen molar-refractivity contribution in [3.05, 3.63) is 35.4 Å². The van der Waals surface area contributed by atoms with Gasteiger partial charge in [-0.05, 0) is 12.1 Å². The van der Waals surface area contributed by atoms with Gasteiger partial charge in [0.25, 0.3) is 5.79 Å². The van der Waals surface area contributed by atoms with Crippen LogP contribution in [0.5, 0.6) is 0 Å². The fourth-order valence-corrected chi connectivity index (χ4v) is 4.27. The van der Waals surface area contributed by atoms with E-state index in [0.29, 0.717) is 0 Å². The van der Waals surface area contributed by atoms with Crippen molar-refractivity contribution >= 4 is 11.9 Å². The molecule has 2 fully saturated rings. The Kier molecular flexibility index (Phi) is 7.59. The smallest absolute Gasteiger partial charge is 0.341 e. The predicted octanol–water partition coefficient (Wildman–Crippen LogP) is -4.44. The molecule has 0 saturated carbocycles. The molecule has 14 nitrogen and oxygen atoms in total. The first-order valence-corrected chi connectivity index (χ1v) is 10.2. The van der Waals surface area contributed by atoms with E-state index >= 15 is 0 Å². The van der Waals surface area contributed by atoms with Crippen LogP contribution < -0.4 is 0 Å². The molecule has 9 N–H and O–H groups in total. The Morgan fingerprint density at radius 1 is 0.824 bits per heavy atom. The van der Waals surface area contributed by atoms with Crippen molar-refractivity contribution in [3.63, 3.8) is 0 Å². The van der Waals surface area contributed by atoms with Crippen molar-refractivity contribution in [2.75, 3.05) is 19.8 Å². The summed E-state index contributed by atoms with van der Waals surface area (Å²) in [7, 11) is 0. The summed E-state index contributed by atoms with van der Waals surface area (Å²) in [5.74, 6) is -6.14. The van der Waals surface area contributed by atoms with Crippen molar-refractivity contribution in [1.82, 2.24) is 0 Å². The van der Waals surface area contributed by atoms with Gasteiger partial charge in [-0.2, -0.15) is 0 Å². The Hall–Kier alpha value is -2.24. The first-order valence-electron chi connectivity index (χ1n) is 10.2. The summed E-state index contributed by atoms with van der Waals surface area (Å²) in [5.41, 5.74) is -3.88. The number of carbonyl (C=O) groups is 2. The molecule has 3 rings (SSSR count). The van der Waals surface area contributed by atoms with Crippen LogP contribution in [0.3, 0.4) is 0 Å². The van der Waals surface area contributed by atoms with Crippen molar-refractivity contribution in [2.45, 2.75) is 54.1 Å². The third-order valence-corrected chi connectivity index (χ3v) is 6.12. The van der Waals surface area contributed by atoms with Crippen LogP contribution in [0.1, 0.15) is 20.7 Å². The molecule has 0 aliphatic carbocycles. The second-order valence-electron chi connectivity index (χ2n) is 7.99. The van der Waals surface area contributed by atoms with Crippen molar-refractivity contribution in [1.29, 1.82) is 0 Å². The molecule has 190 valence electrons. The molecule has 0 bridgehead atoms. The molecular weight excluding hydrogens is 464 g/mol. The molecule has 0 unspecified atom stereocenters. The van der Waals surface area contributed by atoms with Crippen LogP contribution in [-0.4, -0.2) is 132 Å². The molecule has 0 aromatic heterocycles. The summed E-state index contributed by atoms with van der Waals surface area (Å²) in [6.45, 7) is -3.26. The van der Waals surface area contributed by atoms with Crippen molar-refractivity contribution < 1.29 is 69.8 Å². The molecule has 1 aromatic carbocycles. The first-order chi connectivity index (χ1) is 16.0. The van der Waals surface area contributed by atoms with Crippen LogP contribution in [0, 0.1) is 0 Å². The molecule has 9 atom stereocenters. The number of aromatic carboxylic acids is 1. The molecule has 0 spiro atoms. The van der Waals surface area contributed by atoms with E-state index in [-0.39, 0.29) is 0 Å². The first kappa shape index (κ1) is 26.4. The molecule has 0 radical (unpaired) electrons. The standard InChI is InChI=1S/C20H26O14/c21-5-10-12(24)14(26)16(28)20(33-10,19(7-23)15(27)13(25)11(6-22)32-19)34-18(31)9-4-2-1-3-8(9)17(29)30/h1-4,10-16,21-28H,5-7H2,(H,29,30)/t10-,11-,12+,13+,14+,15+,16-,19+,20+/m1/s1. The highest BCUT2D eigenvalue weighted by atomic mass is 16.8. The number of benzene rings is 1. The van der Waals surface area contributed by atoms with Gasteiger partial charge in [0, 0.05) is 0 Å². The highest BCUT2D eigenvalue weighted by Crippen LogP contribution is 2.48. The summed E-state index contributed by atoms with van der Waals surface area (Å²) in [6, 6.07) is 4.71. The zero-order valence-corrected chi connectivity index (χ0v) is 17.5. The average Bonchev–Trinajstić information content (AvgIpc) is 3.10. The quantitative estimate of drug-likeness (QED) is 0.164. The normalized spacial score (nSPS) is 40.2. The number of carboxylic acids is 1. The van der Waals surface area contributed by atoms with E-state index in [0.717, 1.165) is 12.1 Å². The van der Waals surface area contributed by atoms with E-state index in [4.69, 9.17) is 14.2 Å². The van der Waals surface area contributed by atoms with Crippen molar-refractivity contribution in [3.8, 4) is 0 Å². The predicted molar refractivity (Wildman–Crippen MR) is 105 cm³/mol. The highest BCUT2D eigenvalue weighted by Gasteiger charge is 2.74. The molecular formula is C20H26O14. The lowest BCUT2D eigenvalue weighted by molar-refractivity contribution is -0.411. The summed E-state index contributed by atoms with van der Waals surface area (Å²) >= 11 is 0. The molecule has 2 heterocycles. The van der Waals surface area contributed by atoms with Crippen LogP contribution in [0.2, 0.25) is 0 Å². The third-order valence-electron chi connectivity index (χ3n) is 6.12. The molecule has 14 heteroatoms. The minimum absolute atomic E-state index is 0.536. The van der Waals surface area contributed by atoms with Gasteiger partial charge in [0.15, 0.2) is 11.7 Å². The molecule has 2 aliphatic heterocycles. The second kappa shape index (κ2) is 9.79. The second-order valence-corrected chi connectivity index (χ2v) is 7.99. The fraction of sp³-hybridized carbons (Fsp3) is 0.600. The summed E-state index contributed by atoms with van der Waals surface area (Å²) in [5, 5.41) is 91.3. The number of aliphatic hydroxyl groups is 8. The lowest BCUT2D eigenvalue weighted by Gasteiger charge is -2.54. The molecule has 2 saturated heterocycles. The van der Waals surface area contributed by atoms with E-state index in [1.807, 2.05) is 0 Å². The van der Waals surface area contributed by atoms with Gasteiger partial charge in [-0.15, -0.1) is 0 Å². The topological polar surface area (TPSA) is 244 Å². The summed E-state index contributed by atoms with van der Waals surface area (Å²) < 4.78 is 16.2. The maximum Gasteiger partial charge on any atom is 0.341 e. The number of ether oxygens (including phenoxy) is 3. The van der Waals surface area contributed by atoms with Crippen molar-refractivity contribution in [2.24, 2.45) is 0 Å². The molecule has 1 aromatic rings. The molecule has 2 aliphatic rings. The van der Waals surface area contributed by atoms with E-state index in [1.54, 1.807) is 0 Å². The number of hydrogen-bond acceptors (Lipinski definition) is 13. The minimum Gasteiger partial charge on any atom is -0.478 e. The van der Waals surface area contributed by atoms with Gasteiger partial charge in [-0.1, -0.05) is 12.1 Å². The fourth-order valence-electron chi connectivity index (χ4n) is 4.27. The number of carbonyl (C=O) groups excluding carboxylic acids is 1. The largest absolute Gasteiger partial charge is 0.478 e. The third kappa shape index (κ3) is 3.87. The monoisotopic (exact) mass is 490 g/mol. The van der Waals surface area contributed by atoms with Gasteiger partial charge in [0.05, 0.1) is 30.9 Å². The van der Waals surface area contributed by atoms with Crippen LogP contribution in [-0.2, 0) is 14.2 Å². The van der Waals surface area contributed by atoms with Crippen LogP contribution in [0.25, 0.3) is 0 Å². The number of carboxylic acid groups (broad SMARTS) is 1. The Labute approximate surface area is 191 Å². The lowest BCUT2D eigenvalue weighted by Crippen LogP contribution is -2.78. The summed E-state index contributed by atoms with van der Waals surface area (Å²) in [6.07, 6.45) is -14.1. The number of aliphatic hydroxyl groups excluding tert-OH is 8. The van der Waals surface area contributed by atoms with Gasteiger partial charge < -0.3 is 60.2 Å². The van der Waals surface area contributed by atoms with E-state index in [9.17, 15) is 55.5 Å². The SMILES string of the molecule is O=C(O)c1ccccc1C(=O)O[C@@]1([C@@]2(CO)O[C@H](CO)[C@H](O)[C@@H]2O)O[C@H](CO)[C@H](O)[C@H](O)[C@H]1O. The number of hydrogen-bond donors (Lipinski definition) is 9. The number of rotatable bonds is 7. The van der Waals surface area contributed by atoms with Gasteiger partial charge in [-0.25, -0.2) is 9.59 Å². The zero-order valence-electron chi connectivity index (χ0n) is 17.5. The molecule has 34 heavy (non-hydrogen) atoms. The van der Waals surface area contributed by atoms with E-state index < -0.39 is 97.0 Å². The Morgan fingerprint density at radius 3 is 1.88 bits per heavy atom. The van der Waals surface area contributed by atoms with Gasteiger partial charge in [-0.3, -0.25) is 0 Å². The van der Waals surface area contributed by atoms with E-state index in [2.05, 4.69) is 0 Å². The van der Waals surface area contributed by atoms with Crippen LogP contribution in [0.15, 0.2) is 24.3 Å². The highest BCUT2D eigenvalue weighted by molar-refractivity contribution is 6.02.